The number of Topliss-reactive ketones (excluding diaryl/α,β-unsaturated/α-hetero) is 1. The number of carbonyl (C=O) groups is 3. The fourth-order valence-electron chi connectivity index (χ4n) is 3.23. The van der Waals surface area contributed by atoms with Gasteiger partial charge in [-0.15, -0.1) is 0 Å². The molecule has 0 aliphatic rings. The first-order valence-electron chi connectivity index (χ1n) is 9.86. The molecule has 8 nitrogen and oxygen atoms in total. The molecule has 1 aromatic heterocycles. The number of H-pyrrole nitrogens is 1. The fourth-order valence-corrected chi connectivity index (χ4v) is 3.49. The van der Waals surface area contributed by atoms with Crippen LogP contribution in [0.3, 0.4) is 0 Å². The summed E-state index contributed by atoms with van der Waals surface area (Å²) in [6.07, 6.45) is -1.71. The molecular weight excluding hydrogens is 434 g/mol. The number of aromatic amines is 1. The number of nitrogens with one attached hydrogen (secondary N) is 2. The molecule has 0 bridgehead atoms. The Kier molecular flexibility index (Phi) is 7.40. The van der Waals surface area contributed by atoms with Gasteiger partial charge in [0.25, 0.3) is 5.91 Å². The number of carboxylic acid groups (broad SMARTS) is 1. The van der Waals surface area contributed by atoms with Crippen molar-refractivity contribution in [3.05, 3.63) is 76.6 Å². The molecule has 0 saturated heterocycles. The molecule has 0 fully saturated rings. The average molecular weight is 456 g/mol. The highest BCUT2D eigenvalue weighted by atomic mass is 35.5. The number of rotatable bonds is 9. The molecule has 0 radical (unpaired) electrons. The molecule has 2 atom stereocenters. The number of aliphatic hydroxyl groups is 1. The lowest BCUT2D eigenvalue weighted by atomic mass is 9.97. The summed E-state index contributed by atoms with van der Waals surface area (Å²) >= 11 is 6.47. The van der Waals surface area contributed by atoms with Crippen molar-refractivity contribution in [1.29, 1.82) is 0 Å². The standard InChI is InChI=1S/C23H22ClN3O5/c1-13(28)19-12-20(27-26-19)22(30)25-17(11-21(29)23(31)32)9-16-8-7-15(10-18(16)24)14-5-3-2-4-6-14/h2-8,10,12,17,21,29H,9,11H2,1H3,(H,25,30)(H,26,27)(H,31,32)/t17?,21-/m1/s1. The summed E-state index contributed by atoms with van der Waals surface area (Å²) < 4.78 is 0. The monoisotopic (exact) mass is 455 g/mol. The Morgan fingerprint density at radius 2 is 1.81 bits per heavy atom. The smallest absolute Gasteiger partial charge is 0.332 e. The van der Waals surface area contributed by atoms with Gasteiger partial charge in [0.05, 0.1) is 0 Å². The Labute approximate surface area is 189 Å². The molecule has 0 aliphatic carbocycles. The number of aromatic nitrogens is 2. The maximum atomic E-state index is 12.6. The Morgan fingerprint density at radius 1 is 1.09 bits per heavy atom. The molecule has 4 N–H and O–H groups in total. The lowest BCUT2D eigenvalue weighted by Gasteiger charge is -2.21. The van der Waals surface area contributed by atoms with Crippen molar-refractivity contribution < 1.29 is 24.6 Å². The molecule has 0 spiro atoms. The van der Waals surface area contributed by atoms with Gasteiger partial charge in [0, 0.05) is 24.4 Å². The molecule has 32 heavy (non-hydrogen) atoms. The van der Waals surface area contributed by atoms with Crippen LogP contribution in [0.1, 0.15) is 39.9 Å². The predicted octanol–water partition coefficient (Wildman–Crippen LogP) is 3.11. The summed E-state index contributed by atoms with van der Waals surface area (Å²) in [7, 11) is 0. The predicted molar refractivity (Wildman–Crippen MR) is 119 cm³/mol. The molecule has 166 valence electrons. The van der Waals surface area contributed by atoms with E-state index >= 15 is 0 Å². The van der Waals surface area contributed by atoms with Crippen molar-refractivity contribution in [2.24, 2.45) is 0 Å². The zero-order valence-corrected chi connectivity index (χ0v) is 18.0. The summed E-state index contributed by atoms with van der Waals surface area (Å²) in [5, 5.41) is 28.3. The average Bonchev–Trinajstić information content (AvgIpc) is 3.26. The van der Waals surface area contributed by atoms with Gasteiger partial charge in [0.2, 0.25) is 0 Å². The van der Waals surface area contributed by atoms with Crippen LogP contribution in [0.15, 0.2) is 54.6 Å². The van der Waals surface area contributed by atoms with Crippen LogP contribution in [0, 0.1) is 0 Å². The topological polar surface area (TPSA) is 132 Å². The van der Waals surface area contributed by atoms with Gasteiger partial charge in [-0.1, -0.05) is 54.1 Å². The van der Waals surface area contributed by atoms with Crippen LogP contribution in [-0.2, 0) is 11.2 Å². The normalized spacial score (nSPS) is 12.7. The molecule has 9 heteroatoms. The quantitative estimate of drug-likeness (QED) is 0.366. The summed E-state index contributed by atoms with van der Waals surface area (Å²) in [4.78, 5) is 35.2. The minimum atomic E-state index is -1.67. The Morgan fingerprint density at radius 3 is 2.41 bits per heavy atom. The molecule has 3 rings (SSSR count). The first-order chi connectivity index (χ1) is 15.2. The van der Waals surface area contributed by atoms with E-state index in [-0.39, 0.29) is 30.0 Å². The number of benzene rings is 2. The minimum absolute atomic E-state index is 0.0514. The molecule has 1 unspecified atom stereocenters. The largest absolute Gasteiger partial charge is 0.479 e. The lowest BCUT2D eigenvalue weighted by molar-refractivity contribution is -0.147. The van der Waals surface area contributed by atoms with Crippen molar-refractivity contribution in [2.45, 2.75) is 31.9 Å². The van der Waals surface area contributed by atoms with E-state index < -0.39 is 24.0 Å². The van der Waals surface area contributed by atoms with Crippen LogP contribution in [0.5, 0.6) is 0 Å². The number of carbonyl (C=O) groups excluding carboxylic acids is 2. The van der Waals surface area contributed by atoms with E-state index in [1.165, 1.54) is 13.0 Å². The van der Waals surface area contributed by atoms with E-state index in [4.69, 9.17) is 16.7 Å². The number of aliphatic hydroxyl groups excluding tert-OH is 1. The number of aliphatic carboxylic acids is 1. The van der Waals surface area contributed by atoms with Gasteiger partial charge in [0.1, 0.15) is 11.4 Å². The van der Waals surface area contributed by atoms with Crippen LogP contribution in [0.4, 0.5) is 0 Å². The highest BCUT2D eigenvalue weighted by Gasteiger charge is 2.24. The number of amides is 1. The zero-order chi connectivity index (χ0) is 23.3. The fraction of sp³-hybridized carbons (Fsp3) is 0.217. The number of halogens is 1. The SMILES string of the molecule is CC(=O)c1cc(C(=O)NC(Cc2ccc(-c3ccccc3)cc2Cl)C[C@@H](O)C(=O)O)[nH]n1. The molecule has 3 aromatic rings. The van der Waals surface area contributed by atoms with Gasteiger partial charge in [0.15, 0.2) is 11.9 Å². The van der Waals surface area contributed by atoms with Crippen LogP contribution in [-0.4, -0.2) is 50.2 Å². The summed E-state index contributed by atoms with van der Waals surface area (Å²) in [5.41, 5.74) is 2.75. The summed E-state index contributed by atoms with van der Waals surface area (Å²) in [6, 6.07) is 15.7. The lowest BCUT2D eigenvalue weighted by Crippen LogP contribution is -2.40. The summed E-state index contributed by atoms with van der Waals surface area (Å²) in [6.45, 7) is 1.32. The minimum Gasteiger partial charge on any atom is -0.479 e. The molecule has 1 amide bonds. The first kappa shape index (κ1) is 23.2. The highest BCUT2D eigenvalue weighted by Crippen LogP contribution is 2.27. The Hall–Kier alpha value is -3.49. The van der Waals surface area contributed by atoms with Crippen LogP contribution in [0.25, 0.3) is 11.1 Å². The third-order valence-corrected chi connectivity index (χ3v) is 5.29. The summed E-state index contributed by atoms with van der Waals surface area (Å²) in [5.74, 6) is -2.27. The number of ketones is 1. The third-order valence-electron chi connectivity index (χ3n) is 4.94. The van der Waals surface area contributed by atoms with E-state index in [0.29, 0.717) is 10.6 Å². The van der Waals surface area contributed by atoms with E-state index in [0.717, 1.165) is 11.1 Å². The van der Waals surface area contributed by atoms with Gasteiger partial charge in [-0.25, -0.2) is 4.79 Å². The van der Waals surface area contributed by atoms with Gasteiger partial charge in [-0.2, -0.15) is 5.10 Å². The van der Waals surface area contributed by atoms with E-state index in [9.17, 15) is 19.5 Å². The third kappa shape index (κ3) is 5.81. The van der Waals surface area contributed by atoms with Crippen LogP contribution >= 0.6 is 11.6 Å². The molecule has 0 aliphatic heterocycles. The first-order valence-corrected chi connectivity index (χ1v) is 10.2. The number of hydrogen-bond acceptors (Lipinski definition) is 5. The van der Waals surface area contributed by atoms with Crippen molar-refractivity contribution in [3.63, 3.8) is 0 Å². The number of hydrogen-bond donors (Lipinski definition) is 4. The van der Waals surface area contributed by atoms with Crippen molar-refractivity contribution in [1.82, 2.24) is 15.5 Å². The second-order valence-electron chi connectivity index (χ2n) is 7.36. The second-order valence-corrected chi connectivity index (χ2v) is 7.77. The highest BCUT2D eigenvalue weighted by molar-refractivity contribution is 6.31. The molecule has 0 saturated carbocycles. The zero-order valence-electron chi connectivity index (χ0n) is 17.2. The molecule has 1 heterocycles. The van der Waals surface area contributed by atoms with E-state index in [1.807, 2.05) is 36.4 Å². The Bertz CT molecular complexity index is 1130. The van der Waals surface area contributed by atoms with Crippen LogP contribution < -0.4 is 5.32 Å². The van der Waals surface area contributed by atoms with Gasteiger partial charge in [-0.05, 0) is 35.2 Å². The number of nitrogens with zero attached hydrogens (tertiary/aromatic N) is 1. The van der Waals surface area contributed by atoms with Gasteiger partial charge < -0.3 is 15.5 Å². The van der Waals surface area contributed by atoms with Crippen molar-refractivity contribution >= 4 is 29.3 Å². The maximum Gasteiger partial charge on any atom is 0.332 e. The second kappa shape index (κ2) is 10.2. The van der Waals surface area contributed by atoms with Crippen LogP contribution in [0.2, 0.25) is 5.02 Å². The molecule has 2 aromatic carbocycles. The number of carboxylic acids is 1. The van der Waals surface area contributed by atoms with E-state index in [1.54, 1.807) is 12.1 Å². The van der Waals surface area contributed by atoms with E-state index in [2.05, 4.69) is 15.5 Å². The van der Waals surface area contributed by atoms with Gasteiger partial charge in [-0.3, -0.25) is 14.7 Å². The van der Waals surface area contributed by atoms with Crippen molar-refractivity contribution in [3.8, 4) is 11.1 Å². The maximum absolute atomic E-state index is 12.6. The van der Waals surface area contributed by atoms with Gasteiger partial charge >= 0.3 is 5.97 Å². The Balaban J connectivity index is 1.80. The van der Waals surface area contributed by atoms with Crippen molar-refractivity contribution in [2.75, 3.05) is 0 Å². The molecular formula is C23H22ClN3O5.